The lowest BCUT2D eigenvalue weighted by molar-refractivity contribution is 0.600. The van der Waals surface area contributed by atoms with Gasteiger partial charge in [0.1, 0.15) is 11.6 Å². The molecule has 7 nitrogen and oxygen atoms in total. The molecule has 0 radical (unpaired) electrons. The maximum atomic E-state index is 4.40. The minimum atomic E-state index is 0. The van der Waals surface area contributed by atoms with Gasteiger partial charge in [0.05, 0.1) is 0 Å². The van der Waals surface area contributed by atoms with E-state index in [9.17, 15) is 0 Å². The van der Waals surface area contributed by atoms with E-state index in [1.165, 1.54) is 35.7 Å². The summed E-state index contributed by atoms with van der Waals surface area (Å²) in [5.41, 5.74) is 2.51. The first kappa shape index (κ1) is 21.6. The summed E-state index contributed by atoms with van der Waals surface area (Å²) in [5.74, 6) is 3.06. The Balaban J connectivity index is 0.00000240. The zero-order valence-corrected chi connectivity index (χ0v) is 19.3. The summed E-state index contributed by atoms with van der Waals surface area (Å²) < 4.78 is 2.31. The molecule has 1 aliphatic heterocycles. The SMILES string of the molecule is CN=C(NCCc1c[nH]c2ccccc12)NCCc1nnc2n1CCCCC2.I. The van der Waals surface area contributed by atoms with Crippen molar-refractivity contribution in [3.8, 4) is 0 Å². The third-order valence-electron chi connectivity index (χ3n) is 5.41. The van der Waals surface area contributed by atoms with E-state index in [1.807, 2.05) is 7.05 Å². The van der Waals surface area contributed by atoms with E-state index in [0.29, 0.717) is 0 Å². The monoisotopic (exact) mass is 507 g/mol. The van der Waals surface area contributed by atoms with Gasteiger partial charge >= 0.3 is 0 Å². The number of rotatable bonds is 6. The highest BCUT2D eigenvalue weighted by molar-refractivity contribution is 14.0. The van der Waals surface area contributed by atoms with Crippen LogP contribution in [0.3, 0.4) is 0 Å². The van der Waals surface area contributed by atoms with Gasteiger partial charge in [-0.3, -0.25) is 4.99 Å². The van der Waals surface area contributed by atoms with Crippen LogP contribution in [0.1, 0.15) is 36.5 Å². The van der Waals surface area contributed by atoms with Crippen LogP contribution in [0.5, 0.6) is 0 Å². The first-order chi connectivity index (χ1) is 13.8. The van der Waals surface area contributed by atoms with Gasteiger partial charge in [0, 0.05) is 56.6 Å². The molecule has 4 rings (SSSR count). The molecule has 0 fully saturated rings. The number of aromatic nitrogens is 4. The third-order valence-corrected chi connectivity index (χ3v) is 5.41. The number of guanidine groups is 1. The summed E-state index contributed by atoms with van der Waals surface area (Å²) in [7, 11) is 1.81. The molecule has 3 N–H and O–H groups in total. The predicted octanol–water partition coefficient (Wildman–Crippen LogP) is 3.05. The summed E-state index contributed by atoms with van der Waals surface area (Å²) in [6.07, 6.45) is 8.69. The second kappa shape index (κ2) is 10.6. The van der Waals surface area contributed by atoms with Crippen LogP contribution in [-0.2, 0) is 25.8 Å². The first-order valence-electron chi connectivity index (χ1n) is 10.3. The molecule has 0 saturated heterocycles. The van der Waals surface area contributed by atoms with E-state index in [4.69, 9.17) is 0 Å². The van der Waals surface area contributed by atoms with Crippen molar-refractivity contribution >= 4 is 40.8 Å². The molecule has 0 unspecified atom stereocenters. The van der Waals surface area contributed by atoms with Gasteiger partial charge in [-0.05, 0) is 30.9 Å². The Labute approximate surface area is 188 Å². The molecule has 0 saturated carbocycles. The van der Waals surface area contributed by atoms with Crippen molar-refractivity contribution in [1.29, 1.82) is 0 Å². The number of aromatic amines is 1. The number of nitrogens with zero attached hydrogens (tertiary/aromatic N) is 4. The molecular weight excluding hydrogens is 477 g/mol. The lowest BCUT2D eigenvalue weighted by Gasteiger charge is -2.12. The summed E-state index contributed by atoms with van der Waals surface area (Å²) >= 11 is 0. The smallest absolute Gasteiger partial charge is 0.191 e. The van der Waals surface area contributed by atoms with E-state index in [2.05, 4.69) is 65.8 Å². The van der Waals surface area contributed by atoms with Crippen molar-refractivity contribution in [2.24, 2.45) is 4.99 Å². The molecule has 1 aliphatic rings. The maximum absolute atomic E-state index is 4.40. The summed E-state index contributed by atoms with van der Waals surface area (Å²) in [4.78, 5) is 7.66. The van der Waals surface area contributed by atoms with E-state index >= 15 is 0 Å². The molecule has 3 heterocycles. The number of benzene rings is 1. The number of aryl methyl sites for hydroxylation is 1. The molecule has 0 spiro atoms. The number of hydrogen-bond acceptors (Lipinski definition) is 3. The van der Waals surface area contributed by atoms with Gasteiger partial charge in [0.25, 0.3) is 0 Å². The van der Waals surface area contributed by atoms with E-state index < -0.39 is 0 Å². The van der Waals surface area contributed by atoms with Crippen molar-refractivity contribution < 1.29 is 0 Å². The van der Waals surface area contributed by atoms with E-state index in [0.717, 1.165) is 56.5 Å². The first-order valence-corrected chi connectivity index (χ1v) is 10.3. The largest absolute Gasteiger partial charge is 0.361 e. The van der Waals surface area contributed by atoms with Crippen LogP contribution < -0.4 is 10.6 Å². The second-order valence-electron chi connectivity index (χ2n) is 7.28. The lowest BCUT2D eigenvalue weighted by atomic mass is 10.1. The van der Waals surface area contributed by atoms with Crippen LogP contribution >= 0.6 is 24.0 Å². The molecule has 2 aromatic heterocycles. The number of fused-ring (bicyclic) bond motifs is 2. The summed E-state index contributed by atoms with van der Waals surface area (Å²) in [6, 6.07) is 8.41. The van der Waals surface area contributed by atoms with Gasteiger partial charge in [-0.25, -0.2) is 0 Å². The summed E-state index contributed by atoms with van der Waals surface area (Å²) in [6.45, 7) is 2.68. The Morgan fingerprint density at radius 3 is 2.79 bits per heavy atom. The van der Waals surface area contributed by atoms with Gasteiger partial charge in [-0.1, -0.05) is 24.6 Å². The van der Waals surface area contributed by atoms with Crippen molar-refractivity contribution in [2.45, 2.75) is 45.1 Å². The van der Waals surface area contributed by atoms with Crippen LogP contribution in [0.4, 0.5) is 0 Å². The molecule has 0 amide bonds. The van der Waals surface area contributed by atoms with Crippen LogP contribution in [0.2, 0.25) is 0 Å². The lowest BCUT2D eigenvalue weighted by Crippen LogP contribution is -2.39. The highest BCUT2D eigenvalue weighted by Gasteiger charge is 2.14. The number of halogens is 1. The standard InChI is InChI=1S/C21H29N7.HI/c1-22-21(23-12-10-16-15-25-18-8-5-4-7-17(16)18)24-13-11-20-27-26-19-9-3-2-6-14-28(19)20;/h4-5,7-8,15,25H,2-3,6,9-14H2,1H3,(H2,22,23,24);1H. The van der Waals surface area contributed by atoms with Crippen molar-refractivity contribution in [3.63, 3.8) is 0 Å². The molecule has 0 atom stereocenters. The molecule has 1 aromatic carbocycles. The minimum absolute atomic E-state index is 0. The Morgan fingerprint density at radius 2 is 1.93 bits per heavy atom. The topological polar surface area (TPSA) is 82.9 Å². The molecule has 0 bridgehead atoms. The van der Waals surface area contributed by atoms with Crippen molar-refractivity contribution in [3.05, 3.63) is 47.7 Å². The average molecular weight is 507 g/mol. The van der Waals surface area contributed by atoms with Crippen LogP contribution in [0, 0.1) is 0 Å². The molecule has 8 heteroatoms. The zero-order valence-electron chi connectivity index (χ0n) is 16.9. The number of aliphatic imine (C=N–C) groups is 1. The van der Waals surface area contributed by atoms with E-state index in [1.54, 1.807) is 0 Å². The molecule has 29 heavy (non-hydrogen) atoms. The Bertz CT molecular complexity index is 944. The van der Waals surface area contributed by atoms with Crippen LogP contribution in [0.25, 0.3) is 10.9 Å². The molecule has 3 aromatic rings. The Morgan fingerprint density at radius 1 is 1.10 bits per heavy atom. The maximum Gasteiger partial charge on any atom is 0.191 e. The van der Waals surface area contributed by atoms with Gasteiger partial charge in [-0.15, -0.1) is 34.2 Å². The number of hydrogen-bond donors (Lipinski definition) is 3. The highest BCUT2D eigenvalue weighted by atomic mass is 127. The molecule has 0 aliphatic carbocycles. The summed E-state index contributed by atoms with van der Waals surface area (Å²) in [5, 5.41) is 16.9. The fraction of sp³-hybridized carbons (Fsp3) is 0.476. The number of nitrogens with one attached hydrogen (secondary N) is 3. The Kier molecular flexibility index (Phi) is 7.91. The fourth-order valence-corrected chi connectivity index (χ4v) is 3.90. The van der Waals surface area contributed by atoms with E-state index in [-0.39, 0.29) is 24.0 Å². The zero-order chi connectivity index (χ0) is 19.2. The Hall–Kier alpha value is -2.10. The predicted molar refractivity (Wildman–Crippen MR) is 128 cm³/mol. The van der Waals surface area contributed by atoms with Crippen molar-refractivity contribution in [2.75, 3.05) is 20.1 Å². The fourth-order valence-electron chi connectivity index (χ4n) is 3.90. The molecular formula is C21H30IN7. The van der Waals surface area contributed by atoms with Crippen molar-refractivity contribution in [1.82, 2.24) is 30.4 Å². The number of para-hydroxylation sites is 1. The second-order valence-corrected chi connectivity index (χ2v) is 7.28. The van der Waals surface area contributed by atoms with Gasteiger partial charge in [0.15, 0.2) is 5.96 Å². The number of H-pyrrole nitrogens is 1. The van der Waals surface area contributed by atoms with Gasteiger partial charge in [-0.2, -0.15) is 0 Å². The molecule has 156 valence electrons. The normalized spacial score (nSPS) is 14.2. The minimum Gasteiger partial charge on any atom is -0.361 e. The van der Waals surface area contributed by atoms with Crippen LogP contribution in [-0.4, -0.2) is 45.8 Å². The van der Waals surface area contributed by atoms with Gasteiger partial charge in [0.2, 0.25) is 0 Å². The third kappa shape index (κ3) is 5.29. The van der Waals surface area contributed by atoms with Crippen LogP contribution in [0.15, 0.2) is 35.5 Å². The quantitative estimate of drug-likeness (QED) is 0.272. The highest BCUT2D eigenvalue weighted by Crippen LogP contribution is 2.17. The average Bonchev–Trinajstić information content (AvgIpc) is 3.23. The van der Waals surface area contributed by atoms with Gasteiger partial charge < -0.3 is 20.2 Å².